The molecule has 0 atom stereocenters. The van der Waals surface area contributed by atoms with Gasteiger partial charge < -0.3 is 14.8 Å². The second-order valence-electron chi connectivity index (χ2n) is 7.65. The molecular weight excluding hydrogens is 501 g/mol. The van der Waals surface area contributed by atoms with E-state index in [2.05, 4.69) is 20.8 Å². The quantitative estimate of drug-likeness (QED) is 0.182. The maximum Gasteiger partial charge on any atom is 0.214 e. The van der Waals surface area contributed by atoms with Crippen LogP contribution in [0.4, 0.5) is 4.39 Å². The molecular formula is C26H29ClFN5O2S. The zero-order chi connectivity index (χ0) is 24.3. The Kier molecular flexibility index (Phi) is 11.0. The molecule has 0 spiro atoms. The van der Waals surface area contributed by atoms with Crippen LogP contribution in [-0.4, -0.2) is 39.1 Å². The van der Waals surface area contributed by atoms with Crippen molar-refractivity contribution in [1.82, 2.24) is 25.5 Å². The van der Waals surface area contributed by atoms with E-state index in [0.717, 1.165) is 35.1 Å². The Morgan fingerprint density at radius 1 is 0.944 bits per heavy atom. The van der Waals surface area contributed by atoms with E-state index in [1.165, 1.54) is 6.07 Å². The van der Waals surface area contributed by atoms with Gasteiger partial charge in [0.25, 0.3) is 0 Å². The summed E-state index contributed by atoms with van der Waals surface area (Å²) in [5, 5.41) is 16.3. The Balaban J connectivity index is 0.00000361. The standard InChI is InChI=1S/C26H28FN5O2S.ClH/c1-2-33-24-15-8-11-20(25(24)34-19-21-10-6-7-14-23(21)27)18-28-16-9-17-35-26-29-30-31-32(26)22-12-4-3-5-13-22;/h3-8,10-15,28H,2,9,16-19H2,1H3;1H. The SMILES string of the molecule is CCOc1cccc(CNCCCSc2nnnn2-c2ccccc2)c1OCc1ccccc1F.Cl. The van der Waals surface area contributed by atoms with Crippen LogP contribution in [-0.2, 0) is 13.2 Å². The molecule has 7 nitrogen and oxygen atoms in total. The van der Waals surface area contributed by atoms with E-state index in [-0.39, 0.29) is 24.8 Å². The third-order valence-corrected chi connectivity index (χ3v) is 6.18. The molecule has 0 fully saturated rings. The largest absolute Gasteiger partial charge is 0.490 e. The number of ether oxygens (including phenoxy) is 2. The van der Waals surface area contributed by atoms with Gasteiger partial charge >= 0.3 is 0 Å². The van der Waals surface area contributed by atoms with Gasteiger partial charge in [-0.05, 0) is 54.6 Å². The van der Waals surface area contributed by atoms with E-state index in [4.69, 9.17) is 9.47 Å². The van der Waals surface area contributed by atoms with Gasteiger partial charge in [0, 0.05) is 23.4 Å². The number of hydrogen-bond acceptors (Lipinski definition) is 7. The van der Waals surface area contributed by atoms with Crippen LogP contribution in [0.25, 0.3) is 5.69 Å². The van der Waals surface area contributed by atoms with Gasteiger partial charge in [-0.1, -0.05) is 60.3 Å². The summed E-state index contributed by atoms with van der Waals surface area (Å²) in [4.78, 5) is 0. The molecule has 3 aromatic carbocycles. The molecule has 4 aromatic rings. The first kappa shape index (κ1) is 27.4. The van der Waals surface area contributed by atoms with Crippen molar-refractivity contribution >= 4 is 24.2 Å². The van der Waals surface area contributed by atoms with E-state index in [1.807, 2.05) is 55.5 Å². The first-order chi connectivity index (χ1) is 17.3. The van der Waals surface area contributed by atoms with Gasteiger partial charge in [-0.3, -0.25) is 0 Å². The summed E-state index contributed by atoms with van der Waals surface area (Å²) < 4.78 is 27.6. The summed E-state index contributed by atoms with van der Waals surface area (Å²) in [6.07, 6.45) is 0.933. The zero-order valence-electron chi connectivity index (χ0n) is 20.0. The second kappa shape index (κ2) is 14.4. The third kappa shape index (κ3) is 7.43. The summed E-state index contributed by atoms with van der Waals surface area (Å²) in [5.41, 5.74) is 2.41. The van der Waals surface area contributed by atoms with Crippen molar-refractivity contribution in [3.05, 3.63) is 89.7 Å². The summed E-state index contributed by atoms with van der Waals surface area (Å²) in [7, 11) is 0. The fraction of sp³-hybridized carbons (Fsp3) is 0.269. The number of nitrogens with one attached hydrogen (secondary N) is 1. The normalized spacial score (nSPS) is 10.6. The first-order valence-corrected chi connectivity index (χ1v) is 12.5. The molecule has 0 bridgehead atoms. The molecule has 0 saturated carbocycles. The molecule has 1 N–H and O–H groups in total. The first-order valence-electron chi connectivity index (χ1n) is 11.5. The lowest BCUT2D eigenvalue weighted by Crippen LogP contribution is -2.16. The molecule has 0 aliphatic rings. The molecule has 0 aliphatic carbocycles. The molecule has 1 aromatic heterocycles. The molecule has 36 heavy (non-hydrogen) atoms. The third-order valence-electron chi connectivity index (χ3n) is 5.18. The van der Waals surface area contributed by atoms with Crippen LogP contribution < -0.4 is 14.8 Å². The van der Waals surface area contributed by atoms with Crippen LogP contribution >= 0.6 is 24.2 Å². The van der Waals surface area contributed by atoms with Gasteiger partial charge in [0.1, 0.15) is 12.4 Å². The van der Waals surface area contributed by atoms with Crippen LogP contribution in [0.1, 0.15) is 24.5 Å². The molecule has 0 aliphatic heterocycles. The molecule has 0 radical (unpaired) electrons. The van der Waals surface area contributed by atoms with Gasteiger partial charge in [0.2, 0.25) is 5.16 Å². The van der Waals surface area contributed by atoms with Gasteiger partial charge in [-0.25, -0.2) is 4.39 Å². The Bertz CT molecular complexity index is 1210. The van der Waals surface area contributed by atoms with E-state index in [1.54, 1.807) is 34.6 Å². The highest BCUT2D eigenvalue weighted by atomic mass is 35.5. The number of hydrogen-bond donors (Lipinski definition) is 1. The Morgan fingerprint density at radius 2 is 1.72 bits per heavy atom. The Hall–Kier alpha value is -3.14. The van der Waals surface area contributed by atoms with Crippen LogP contribution in [0.2, 0.25) is 0 Å². The van der Waals surface area contributed by atoms with Gasteiger partial charge in [0.05, 0.1) is 12.3 Å². The number of para-hydroxylation sites is 2. The Labute approximate surface area is 220 Å². The number of benzene rings is 3. The summed E-state index contributed by atoms with van der Waals surface area (Å²) in [5.74, 6) is 1.89. The maximum absolute atomic E-state index is 14.0. The van der Waals surface area contributed by atoms with E-state index in [0.29, 0.717) is 30.2 Å². The van der Waals surface area contributed by atoms with Gasteiger partial charge in [-0.15, -0.1) is 17.5 Å². The molecule has 0 amide bonds. The average Bonchev–Trinajstić information content (AvgIpc) is 3.36. The lowest BCUT2D eigenvalue weighted by Gasteiger charge is -2.17. The smallest absolute Gasteiger partial charge is 0.214 e. The minimum Gasteiger partial charge on any atom is -0.490 e. The number of thioether (sulfide) groups is 1. The topological polar surface area (TPSA) is 74.1 Å². The molecule has 4 rings (SSSR count). The molecule has 190 valence electrons. The predicted octanol–water partition coefficient (Wildman–Crippen LogP) is 5.47. The number of rotatable bonds is 13. The van der Waals surface area contributed by atoms with Crippen LogP contribution in [0.5, 0.6) is 11.5 Å². The number of tetrazole rings is 1. The molecule has 10 heteroatoms. The van der Waals surface area contributed by atoms with Crippen LogP contribution in [0.15, 0.2) is 78.0 Å². The van der Waals surface area contributed by atoms with Crippen molar-refractivity contribution in [3.63, 3.8) is 0 Å². The predicted molar refractivity (Wildman–Crippen MR) is 142 cm³/mol. The number of nitrogens with zero attached hydrogens (tertiary/aromatic N) is 4. The highest BCUT2D eigenvalue weighted by Gasteiger charge is 2.13. The highest BCUT2D eigenvalue weighted by Crippen LogP contribution is 2.32. The number of aromatic nitrogens is 4. The summed E-state index contributed by atoms with van der Waals surface area (Å²) >= 11 is 1.62. The minimum atomic E-state index is -0.281. The lowest BCUT2D eigenvalue weighted by molar-refractivity contribution is 0.262. The van der Waals surface area contributed by atoms with Crippen LogP contribution in [0, 0.1) is 5.82 Å². The van der Waals surface area contributed by atoms with Gasteiger partial charge in [-0.2, -0.15) is 4.68 Å². The van der Waals surface area contributed by atoms with Crippen LogP contribution in [0.3, 0.4) is 0 Å². The zero-order valence-corrected chi connectivity index (χ0v) is 21.6. The number of halogens is 2. The second-order valence-corrected chi connectivity index (χ2v) is 8.71. The van der Waals surface area contributed by atoms with Crippen molar-refractivity contribution < 1.29 is 13.9 Å². The van der Waals surface area contributed by atoms with Crippen molar-refractivity contribution in [2.24, 2.45) is 0 Å². The van der Waals surface area contributed by atoms with E-state index in [9.17, 15) is 4.39 Å². The van der Waals surface area contributed by atoms with Gasteiger partial charge in [0.15, 0.2) is 11.5 Å². The summed E-state index contributed by atoms with van der Waals surface area (Å²) in [6.45, 7) is 4.01. The highest BCUT2D eigenvalue weighted by molar-refractivity contribution is 7.99. The maximum atomic E-state index is 14.0. The monoisotopic (exact) mass is 529 g/mol. The average molecular weight is 530 g/mol. The summed E-state index contributed by atoms with van der Waals surface area (Å²) in [6, 6.07) is 22.3. The Morgan fingerprint density at radius 3 is 2.53 bits per heavy atom. The van der Waals surface area contributed by atoms with E-state index < -0.39 is 0 Å². The minimum absolute atomic E-state index is 0. The van der Waals surface area contributed by atoms with Crippen molar-refractivity contribution in [1.29, 1.82) is 0 Å². The fourth-order valence-corrected chi connectivity index (χ4v) is 4.31. The van der Waals surface area contributed by atoms with Crippen molar-refractivity contribution in [2.75, 3.05) is 18.9 Å². The van der Waals surface area contributed by atoms with Crippen molar-refractivity contribution in [3.8, 4) is 17.2 Å². The molecule has 1 heterocycles. The molecule has 0 unspecified atom stereocenters. The lowest BCUT2D eigenvalue weighted by atomic mass is 10.1. The fourth-order valence-electron chi connectivity index (χ4n) is 3.48. The van der Waals surface area contributed by atoms with E-state index >= 15 is 0 Å². The van der Waals surface area contributed by atoms with Crippen molar-refractivity contribution in [2.45, 2.75) is 31.7 Å². The molecule has 0 saturated heterocycles.